The van der Waals surface area contributed by atoms with Crippen LogP contribution in [0, 0.1) is 12.8 Å². The summed E-state index contributed by atoms with van der Waals surface area (Å²) >= 11 is 11.9. The van der Waals surface area contributed by atoms with Crippen molar-refractivity contribution in [2.45, 2.75) is 25.5 Å². The Bertz CT molecular complexity index is 962. The summed E-state index contributed by atoms with van der Waals surface area (Å²) in [5.41, 5.74) is 2.39. The molecule has 5 nitrogen and oxygen atoms in total. The van der Waals surface area contributed by atoms with Crippen LogP contribution in [0.15, 0.2) is 42.5 Å². The van der Waals surface area contributed by atoms with Crippen molar-refractivity contribution in [2.24, 2.45) is 5.92 Å². The molecule has 2 aromatic carbocycles. The van der Waals surface area contributed by atoms with Gasteiger partial charge in [0, 0.05) is 18.8 Å². The van der Waals surface area contributed by atoms with Crippen molar-refractivity contribution in [3.8, 4) is 0 Å². The molecule has 150 valence electrons. The summed E-state index contributed by atoms with van der Waals surface area (Å²) in [5, 5.41) is 3.59. The fourth-order valence-corrected chi connectivity index (χ4v) is 5.14. The standard InChI is InChI=1S/C20H22Cl2N2O3S/c1-14-4-7-17(8-5-14)23-20(25)16-3-2-10-24(12-16)28(26,27)13-15-6-9-18(21)19(22)11-15/h4-9,11,16H,2-3,10,12-13H2,1H3,(H,23,25)/t16-/m0/s1. The summed E-state index contributed by atoms with van der Waals surface area (Å²) in [4.78, 5) is 12.6. The van der Waals surface area contributed by atoms with E-state index in [4.69, 9.17) is 23.2 Å². The van der Waals surface area contributed by atoms with Crippen LogP contribution in [-0.4, -0.2) is 31.7 Å². The molecule has 1 fully saturated rings. The largest absolute Gasteiger partial charge is 0.326 e. The summed E-state index contributed by atoms with van der Waals surface area (Å²) in [6.45, 7) is 2.57. The van der Waals surface area contributed by atoms with Crippen molar-refractivity contribution >= 4 is 44.8 Å². The van der Waals surface area contributed by atoms with Gasteiger partial charge in [0.15, 0.2) is 0 Å². The van der Waals surface area contributed by atoms with Crippen LogP contribution in [0.25, 0.3) is 0 Å². The number of carbonyl (C=O) groups is 1. The van der Waals surface area contributed by atoms with Gasteiger partial charge < -0.3 is 5.32 Å². The Labute approximate surface area is 175 Å². The summed E-state index contributed by atoms with van der Waals surface area (Å²) < 4.78 is 27.1. The van der Waals surface area contributed by atoms with Crippen LogP contribution in [-0.2, 0) is 20.6 Å². The Morgan fingerprint density at radius 2 is 1.86 bits per heavy atom. The number of hydrogen-bond acceptors (Lipinski definition) is 3. The lowest BCUT2D eigenvalue weighted by molar-refractivity contribution is -0.120. The maximum absolute atomic E-state index is 12.8. The number of carbonyl (C=O) groups excluding carboxylic acids is 1. The molecule has 0 unspecified atom stereocenters. The fraction of sp³-hybridized carbons (Fsp3) is 0.350. The summed E-state index contributed by atoms with van der Waals surface area (Å²) in [7, 11) is -3.56. The van der Waals surface area contributed by atoms with Gasteiger partial charge >= 0.3 is 0 Å². The first kappa shape index (κ1) is 21.1. The maximum atomic E-state index is 12.8. The molecule has 1 aliphatic heterocycles. The van der Waals surface area contributed by atoms with Crippen molar-refractivity contribution in [1.82, 2.24) is 4.31 Å². The second-order valence-electron chi connectivity index (χ2n) is 7.06. The van der Waals surface area contributed by atoms with E-state index in [1.54, 1.807) is 18.2 Å². The minimum atomic E-state index is -3.56. The van der Waals surface area contributed by atoms with Gasteiger partial charge in [-0.2, -0.15) is 0 Å². The van der Waals surface area contributed by atoms with E-state index in [1.165, 1.54) is 4.31 Å². The Hall–Kier alpha value is -1.60. The van der Waals surface area contributed by atoms with E-state index in [0.29, 0.717) is 40.7 Å². The summed E-state index contributed by atoms with van der Waals surface area (Å²) in [6, 6.07) is 12.3. The molecular weight excluding hydrogens is 419 g/mol. The number of hydrogen-bond donors (Lipinski definition) is 1. The van der Waals surface area contributed by atoms with Gasteiger partial charge in [0.1, 0.15) is 0 Å². The monoisotopic (exact) mass is 440 g/mol. The van der Waals surface area contributed by atoms with Crippen molar-refractivity contribution in [2.75, 3.05) is 18.4 Å². The molecule has 1 atom stereocenters. The highest BCUT2D eigenvalue weighted by Crippen LogP contribution is 2.26. The average Bonchev–Trinajstić information content (AvgIpc) is 2.66. The van der Waals surface area contributed by atoms with E-state index >= 15 is 0 Å². The van der Waals surface area contributed by atoms with Gasteiger partial charge in [0.2, 0.25) is 15.9 Å². The highest BCUT2D eigenvalue weighted by atomic mass is 35.5. The van der Waals surface area contributed by atoms with Crippen molar-refractivity contribution < 1.29 is 13.2 Å². The minimum absolute atomic E-state index is 0.154. The summed E-state index contributed by atoms with van der Waals surface area (Å²) in [6.07, 6.45) is 1.31. The molecule has 1 amide bonds. The third kappa shape index (κ3) is 5.26. The number of amides is 1. The van der Waals surface area contributed by atoms with Crippen LogP contribution in [0.3, 0.4) is 0 Å². The van der Waals surface area contributed by atoms with E-state index in [-0.39, 0.29) is 24.1 Å². The van der Waals surface area contributed by atoms with Gasteiger partial charge in [0.05, 0.1) is 21.7 Å². The third-order valence-electron chi connectivity index (χ3n) is 4.80. The average molecular weight is 441 g/mol. The topological polar surface area (TPSA) is 66.5 Å². The first-order valence-corrected chi connectivity index (χ1v) is 11.4. The molecule has 0 saturated carbocycles. The lowest BCUT2D eigenvalue weighted by Crippen LogP contribution is -2.44. The first-order valence-electron chi connectivity index (χ1n) is 9.04. The molecule has 0 bridgehead atoms. The highest BCUT2D eigenvalue weighted by molar-refractivity contribution is 7.88. The lowest BCUT2D eigenvalue weighted by atomic mass is 9.98. The Kier molecular flexibility index (Phi) is 6.65. The molecular formula is C20H22Cl2N2O3S. The maximum Gasteiger partial charge on any atom is 0.228 e. The fourth-order valence-electron chi connectivity index (χ4n) is 3.22. The molecule has 1 saturated heterocycles. The minimum Gasteiger partial charge on any atom is -0.326 e. The smallest absolute Gasteiger partial charge is 0.228 e. The number of nitrogens with one attached hydrogen (secondary N) is 1. The molecule has 1 aliphatic rings. The quantitative estimate of drug-likeness (QED) is 0.744. The second kappa shape index (κ2) is 8.82. The van der Waals surface area contributed by atoms with Gasteiger partial charge in [-0.15, -0.1) is 0 Å². The number of piperidine rings is 1. The van der Waals surface area contributed by atoms with Gasteiger partial charge in [0.25, 0.3) is 0 Å². The van der Waals surface area contributed by atoms with Gasteiger partial charge in [-0.05, 0) is 49.6 Å². The van der Waals surface area contributed by atoms with E-state index in [0.717, 1.165) is 5.56 Å². The number of anilines is 1. The number of sulfonamides is 1. The second-order valence-corrected chi connectivity index (χ2v) is 9.84. The Balaban J connectivity index is 1.66. The molecule has 8 heteroatoms. The van der Waals surface area contributed by atoms with Crippen LogP contribution >= 0.6 is 23.2 Å². The molecule has 1 heterocycles. The zero-order valence-electron chi connectivity index (χ0n) is 15.5. The molecule has 0 aromatic heterocycles. The lowest BCUT2D eigenvalue weighted by Gasteiger charge is -2.31. The molecule has 0 aliphatic carbocycles. The number of benzene rings is 2. The molecule has 0 radical (unpaired) electrons. The zero-order chi connectivity index (χ0) is 20.3. The number of nitrogens with zero attached hydrogens (tertiary/aromatic N) is 1. The van der Waals surface area contributed by atoms with Crippen molar-refractivity contribution in [1.29, 1.82) is 0 Å². The zero-order valence-corrected chi connectivity index (χ0v) is 17.8. The van der Waals surface area contributed by atoms with E-state index in [9.17, 15) is 13.2 Å². The van der Waals surface area contributed by atoms with E-state index < -0.39 is 10.0 Å². The molecule has 2 aromatic rings. The van der Waals surface area contributed by atoms with Gasteiger partial charge in [-0.25, -0.2) is 12.7 Å². The SMILES string of the molecule is Cc1ccc(NC(=O)[C@H]2CCCN(S(=O)(=O)Cc3ccc(Cl)c(Cl)c3)C2)cc1. The van der Waals surface area contributed by atoms with E-state index in [2.05, 4.69) is 5.32 Å². The molecule has 0 spiro atoms. The predicted molar refractivity (Wildman–Crippen MR) is 113 cm³/mol. The van der Waals surface area contributed by atoms with Crippen LogP contribution in [0.2, 0.25) is 10.0 Å². The highest BCUT2D eigenvalue weighted by Gasteiger charge is 2.32. The van der Waals surface area contributed by atoms with Gasteiger partial charge in [-0.1, -0.05) is 47.0 Å². The number of halogens is 2. The Morgan fingerprint density at radius 1 is 1.14 bits per heavy atom. The number of aryl methyl sites for hydroxylation is 1. The van der Waals surface area contributed by atoms with Crippen molar-refractivity contribution in [3.63, 3.8) is 0 Å². The van der Waals surface area contributed by atoms with Crippen molar-refractivity contribution in [3.05, 3.63) is 63.6 Å². The first-order chi connectivity index (χ1) is 13.2. The molecule has 28 heavy (non-hydrogen) atoms. The normalized spacial score (nSPS) is 18.0. The van der Waals surface area contributed by atoms with E-state index in [1.807, 2.05) is 31.2 Å². The molecule has 3 rings (SSSR count). The summed E-state index contributed by atoms with van der Waals surface area (Å²) in [5.74, 6) is -0.701. The number of rotatable bonds is 5. The predicted octanol–water partition coefficient (Wildman–Crippen LogP) is 4.48. The molecule has 1 N–H and O–H groups in total. The third-order valence-corrected chi connectivity index (χ3v) is 7.36. The van der Waals surface area contributed by atoms with Crippen LogP contribution in [0.4, 0.5) is 5.69 Å². The van der Waals surface area contributed by atoms with Crippen LogP contribution in [0.1, 0.15) is 24.0 Å². The Morgan fingerprint density at radius 3 is 2.54 bits per heavy atom. The van der Waals surface area contributed by atoms with Crippen LogP contribution < -0.4 is 5.32 Å². The van der Waals surface area contributed by atoms with Crippen LogP contribution in [0.5, 0.6) is 0 Å². The van der Waals surface area contributed by atoms with Gasteiger partial charge in [-0.3, -0.25) is 4.79 Å².